The van der Waals surface area contributed by atoms with E-state index in [1.807, 2.05) is 43.5 Å². The molecule has 20 heavy (non-hydrogen) atoms. The standard InChI is InChI=1S/C14H19ClN2O2S/c1-9-5-6-13-12(7-9)16-14(11(3)15)17(13)10(2)8-20(4,18)19/h5-7,10-11H,8H2,1-4H3. The maximum absolute atomic E-state index is 11.5. The van der Waals surface area contributed by atoms with E-state index in [0.29, 0.717) is 5.82 Å². The van der Waals surface area contributed by atoms with Crippen molar-refractivity contribution < 1.29 is 8.42 Å². The second-order valence-electron chi connectivity index (χ2n) is 5.39. The van der Waals surface area contributed by atoms with Crippen LogP contribution in [0.4, 0.5) is 0 Å². The van der Waals surface area contributed by atoms with Gasteiger partial charge in [0.15, 0.2) is 0 Å². The molecule has 0 amide bonds. The third-order valence-electron chi connectivity index (χ3n) is 3.21. The van der Waals surface area contributed by atoms with E-state index in [0.717, 1.165) is 16.6 Å². The number of aromatic nitrogens is 2. The Balaban J connectivity index is 2.62. The van der Waals surface area contributed by atoms with Gasteiger partial charge in [-0.05, 0) is 38.5 Å². The highest BCUT2D eigenvalue weighted by Gasteiger charge is 2.21. The minimum Gasteiger partial charge on any atom is -0.323 e. The minimum atomic E-state index is -3.06. The number of hydrogen-bond acceptors (Lipinski definition) is 3. The third-order valence-corrected chi connectivity index (χ3v) is 4.50. The molecule has 0 aliphatic carbocycles. The fourth-order valence-electron chi connectivity index (χ4n) is 2.48. The third kappa shape index (κ3) is 3.15. The monoisotopic (exact) mass is 314 g/mol. The number of halogens is 1. The number of hydrogen-bond donors (Lipinski definition) is 0. The second-order valence-corrected chi connectivity index (χ2v) is 8.23. The lowest BCUT2D eigenvalue weighted by Crippen LogP contribution is -2.18. The van der Waals surface area contributed by atoms with E-state index in [4.69, 9.17) is 11.6 Å². The van der Waals surface area contributed by atoms with Crippen molar-refractivity contribution in [3.63, 3.8) is 0 Å². The highest BCUT2D eigenvalue weighted by atomic mass is 35.5. The topological polar surface area (TPSA) is 52.0 Å². The fourth-order valence-corrected chi connectivity index (χ4v) is 3.66. The molecule has 0 saturated heterocycles. The number of benzene rings is 1. The predicted octanol–water partition coefficient (Wildman–Crippen LogP) is 3.25. The van der Waals surface area contributed by atoms with E-state index in [2.05, 4.69) is 4.98 Å². The summed E-state index contributed by atoms with van der Waals surface area (Å²) >= 11 is 6.20. The van der Waals surface area contributed by atoms with Crippen molar-refractivity contribution in [2.45, 2.75) is 32.2 Å². The quantitative estimate of drug-likeness (QED) is 0.814. The Morgan fingerprint density at radius 2 is 2.00 bits per heavy atom. The number of alkyl halides is 1. The van der Waals surface area contributed by atoms with Crippen LogP contribution in [0.15, 0.2) is 18.2 Å². The van der Waals surface area contributed by atoms with Crippen molar-refractivity contribution in [3.05, 3.63) is 29.6 Å². The molecule has 0 bridgehead atoms. The molecule has 0 fully saturated rings. The Hall–Kier alpha value is -1.07. The molecule has 4 nitrogen and oxygen atoms in total. The Morgan fingerprint density at radius 3 is 2.55 bits per heavy atom. The van der Waals surface area contributed by atoms with Gasteiger partial charge in [0.05, 0.1) is 22.2 Å². The zero-order valence-electron chi connectivity index (χ0n) is 12.1. The molecule has 2 rings (SSSR count). The van der Waals surface area contributed by atoms with Crippen LogP contribution in [-0.2, 0) is 9.84 Å². The van der Waals surface area contributed by atoms with Crippen molar-refractivity contribution in [3.8, 4) is 0 Å². The van der Waals surface area contributed by atoms with Gasteiger partial charge in [-0.2, -0.15) is 0 Å². The Labute approximate surface area is 124 Å². The second kappa shape index (κ2) is 5.37. The summed E-state index contributed by atoms with van der Waals surface area (Å²) in [6.07, 6.45) is 1.25. The molecule has 0 aliphatic rings. The van der Waals surface area contributed by atoms with Gasteiger partial charge < -0.3 is 4.57 Å². The van der Waals surface area contributed by atoms with E-state index in [1.165, 1.54) is 6.26 Å². The molecule has 2 atom stereocenters. The summed E-state index contributed by atoms with van der Waals surface area (Å²) in [5.74, 6) is 0.784. The van der Waals surface area contributed by atoms with E-state index in [-0.39, 0.29) is 17.2 Å². The van der Waals surface area contributed by atoms with Crippen molar-refractivity contribution in [1.29, 1.82) is 0 Å². The molecule has 1 aromatic heterocycles. The number of fused-ring (bicyclic) bond motifs is 1. The molecule has 2 unspecified atom stereocenters. The molecule has 110 valence electrons. The largest absolute Gasteiger partial charge is 0.323 e. The molecule has 1 aromatic carbocycles. The molecular formula is C14H19ClN2O2S. The van der Waals surface area contributed by atoms with Gasteiger partial charge in [0, 0.05) is 12.3 Å². The summed E-state index contributed by atoms with van der Waals surface area (Å²) in [5.41, 5.74) is 2.90. The van der Waals surface area contributed by atoms with Crippen molar-refractivity contribution in [1.82, 2.24) is 9.55 Å². The smallest absolute Gasteiger partial charge is 0.149 e. The highest BCUT2D eigenvalue weighted by Crippen LogP contribution is 2.29. The summed E-state index contributed by atoms with van der Waals surface area (Å²) in [7, 11) is -3.06. The molecule has 6 heteroatoms. The van der Waals surface area contributed by atoms with Crippen LogP contribution in [0.3, 0.4) is 0 Å². The van der Waals surface area contributed by atoms with E-state index >= 15 is 0 Å². The molecular weight excluding hydrogens is 296 g/mol. The normalized spacial score (nSPS) is 15.4. The maximum atomic E-state index is 11.5. The van der Waals surface area contributed by atoms with Crippen LogP contribution in [0.5, 0.6) is 0 Å². The first-order chi connectivity index (χ1) is 9.19. The average molecular weight is 315 g/mol. The van der Waals surface area contributed by atoms with E-state index in [9.17, 15) is 8.42 Å². The van der Waals surface area contributed by atoms with Crippen LogP contribution in [0.1, 0.15) is 36.7 Å². The predicted molar refractivity (Wildman–Crippen MR) is 83.2 cm³/mol. The van der Waals surface area contributed by atoms with Crippen LogP contribution < -0.4 is 0 Å². The summed E-state index contributed by atoms with van der Waals surface area (Å²) < 4.78 is 25.0. The molecule has 1 heterocycles. The highest BCUT2D eigenvalue weighted by molar-refractivity contribution is 7.90. The zero-order valence-corrected chi connectivity index (χ0v) is 13.7. The molecule has 0 aliphatic heterocycles. The zero-order chi connectivity index (χ0) is 15.1. The van der Waals surface area contributed by atoms with Crippen LogP contribution in [0.2, 0.25) is 0 Å². The number of sulfone groups is 1. The van der Waals surface area contributed by atoms with E-state index in [1.54, 1.807) is 0 Å². The molecule has 2 aromatic rings. The molecule has 0 radical (unpaired) electrons. The maximum Gasteiger partial charge on any atom is 0.149 e. The first-order valence-electron chi connectivity index (χ1n) is 6.49. The lowest BCUT2D eigenvalue weighted by atomic mass is 10.2. The Bertz CT molecular complexity index is 735. The van der Waals surface area contributed by atoms with Crippen LogP contribution in [0.25, 0.3) is 11.0 Å². The van der Waals surface area contributed by atoms with Crippen molar-refractivity contribution >= 4 is 32.5 Å². The molecule has 0 N–H and O–H groups in total. The summed E-state index contributed by atoms with van der Waals surface area (Å²) in [6, 6.07) is 5.76. The van der Waals surface area contributed by atoms with Gasteiger partial charge in [0.2, 0.25) is 0 Å². The Morgan fingerprint density at radius 1 is 1.35 bits per heavy atom. The van der Waals surface area contributed by atoms with Crippen LogP contribution in [-0.4, -0.2) is 30.0 Å². The summed E-state index contributed by atoms with van der Waals surface area (Å²) in [4.78, 5) is 4.56. The van der Waals surface area contributed by atoms with Gasteiger partial charge in [-0.3, -0.25) is 0 Å². The SMILES string of the molecule is Cc1ccc2c(c1)nc(C(C)Cl)n2C(C)CS(C)(=O)=O. The molecule has 0 saturated carbocycles. The van der Waals surface area contributed by atoms with Gasteiger partial charge >= 0.3 is 0 Å². The summed E-state index contributed by atoms with van der Waals surface area (Å²) in [5, 5.41) is -0.273. The first-order valence-corrected chi connectivity index (χ1v) is 8.99. The first kappa shape index (κ1) is 15.3. The van der Waals surface area contributed by atoms with Crippen molar-refractivity contribution in [2.75, 3.05) is 12.0 Å². The lowest BCUT2D eigenvalue weighted by Gasteiger charge is -2.17. The number of nitrogens with zero attached hydrogens (tertiary/aromatic N) is 2. The number of aryl methyl sites for hydroxylation is 1. The molecule has 0 spiro atoms. The number of imidazole rings is 1. The van der Waals surface area contributed by atoms with Gasteiger partial charge in [-0.25, -0.2) is 13.4 Å². The fraction of sp³-hybridized carbons (Fsp3) is 0.500. The number of rotatable bonds is 4. The Kier molecular flexibility index (Phi) is 4.12. The van der Waals surface area contributed by atoms with Crippen LogP contribution in [0, 0.1) is 6.92 Å². The van der Waals surface area contributed by atoms with Gasteiger partial charge in [-0.1, -0.05) is 6.07 Å². The summed E-state index contributed by atoms with van der Waals surface area (Å²) in [6.45, 7) is 5.73. The van der Waals surface area contributed by atoms with Gasteiger partial charge in [0.1, 0.15) is 15.7 Å². The minimum absolute atomic E-state index is 0.0724. The van der Waals surface area contributed by atoms with E-state index < -0.39 is 9.84 Å². The average Bonchev–Trinajstić information content (AvgIpc) is 2.64. The van der Waals surface area contributed by atoms with Gasteiger partial charge in [0.25, 0.3) is 0 Å². The van der Waals surface area contributed by atoms with Crippen molar-refractivity contribution in [2.24, 2.45) is 0 Å². The van der Waals surface area contributed by atoms with Gasteiger partial charge in [-0.15, -0.1) is 11.6 Å². The van der Waals surface area contributed by atoms with Crippen LogP contribution >= 0.6 is 11.6 Å². The lowest BCUT2D eigenvalue weighted by molar-refractivity contribution is 0.555.